The van der Waals surface area contributed by atoms with Crippen molar-refractivity contribution in [1.29, 1.82) is 0 Å². The van der Waals surface area contributed by atoms with Crippen LogP contribution in [0.5, 0.6) is 0 Å². The SMILES string of the molecule is CCCCCCCCCCCCCC/C=C\CCCCCCCCCCCCC(=O)NC(COC1OC(CO)C(O)C(OS(=O)(=O)O)C1O)C(O)/C=C/CCCCCCCCCCCCCCCCCCCC. The van der Waals surface area contributed by atoms with Gasteiger partial charge in [-0.2, -0.15) is 8.42 Å². The molecule has 0 radical (unpaired) electrons. The Balaban J connectivity index is 2.33. The van der Waals surface area contributed by atoms with E-state index < -0.39 is 59.9 Å². The Hall–Kier alpha value is -1.42. The number of allylic oxidation sites excluding steroid dienone is 3. The number of carbonyl (C=O) groups excluding carboxylic acids is 1. The molecule has 1 saturated heterocycles. The standard InChI is InChI=1S/C60H115NO11S/c1-3-5-7-9-11-13-15-17-19-21-23-25-26-27-28-29-30-32-34-36-38-40-42-44-46-48-50-56(64)61-53(52-70-60-58(66)59(72-73(67,68)69)57(65)55(51-62)71-60)54(63)49-47-45-43-41-39-37-35-33-31-24-22-20-18-16-14-12-10-8-6-4-2/h27-28,47,49,53-55,57-60,62-63,65-66H,3-26,29-46,48,50-52H2,1-2H3,(H,61,64)(H,67,68,69)/b28-27-,49-47+. The summed E-state index contributed by atoms with van der Waals surface area (Å²) >= 11 is 0. The molecule has 13 heteroatoms. The number of amides is 1. The van der Waals surface area contributed by atoms with Gasteiger partial charge in [0, 0.05) is 6.42 Å². The average molecular weight is 1060 g/mol. The van der Waals surface area contributed by atoms with Crippen molar-refractivity contribution in [3.8, 4) is 0 Å². The molecule has 7 unspecified atom stereocenters. The zero-order valence-corrected chi connectivity index (χ0v) is 47.8. The fourth-order valence-electron chi connectivity index (χ4n) is 9.98. The van der Waals surface area contributed by atoms with Crippen molar-refractivity contribution in [1.82, 2.24) is 5.32 Å². The molecule has 6 N–H and O–H groups in total. The van der Waals surface area contributed by atoms with Crippen LogP contribution in [0.15, 0.2) is 24.3 Å². The smallest absolute Gasteiger partial charge is 0.394 e. The molecule has 1 aliphatic heterocycles. The van der Waals surface area contributed by atoms with Crippen LogP contribution in [-0.4, -0.2) is 95.4 Å². The van der Waals surface area contributed by atoms with Crippen LogP contribution >= 0.6 is 0 Å². The van der Waals surface area contributed by atoms with Crippen molar-refractivity contribution in [2.24, 2.45) is 0 Å². The van der Waals surface area contributed by atoms with E-state index in [1.807, 2.05) is 6.08 Å². The summed E-state index contributed by atoms with van der Waals surface area (Å²) in [5.41, 5.74) is 0. The molecule has 7 atom stereocenters. The minimum absolute atomic E-state index is 0.259. The highest BCUT2D eigenvalue weighted by atomic mass is 32.3. The van der Waals surface area contributed by atoms with Crippen molar-refractivity contribution in [3.05, 3.63) is 24.3 Å². The summed E-state index contributed by atoms with van der Waals surface area (Å²) in [4.78, 5) is 13.2. The van der Waals surface area contributed by atoms with Crippen LogP contribution in [0.1, 0.15) is 296 Å². The van der Waals surface area contributed by atoms with Crippen LogP contribution in [0.25, 0.3) is 0 Å². The van der Waals surface area contributed by atoms with Gasteiger partial charge in [0.25, 0.3) is 0 Å². The number of rotatable bonds is 54. The molecule has 1 amide bonds. The monoisotopic (exact) mass is 1060 g/mol. The maximum atomic E-state index is 13.2. The quantitative estimate of drug-likeness (QED) is 0.0193. The van der Waals surface area contributed by atoms with Crippen molar-refractivity contribution in [2.45, 2.75) is 339 Å². The molecule has 1 heterocycles. The van der Waals surface area contributed by atoms with Crippen molar-refractivity contribution >= 4 is 16.3 Å². The van der Waals surface area contributed by atoms with Crippen LogP contribution in [0.3, 0.4) is 0 Å². The highest BCUT2D eigenvalue weighted by Gasteiger charge is 2.48. The van der Waals surface area contributed by atoms with Crippen LogP contribution < -0.4 is 5.32 Å². The molecule has 1 aliphatic rings. The second kappa shape index (κ2) is 50.1. The summed E-state index contributed by atoms with van der Waals surface area (Å²) in [6, 6.07) is -0.944. The summed E-state index contributed by atoms with van der Waals surface area (Å²) in [6.07, 6.45) is 53.7. The van der Waals surface area contributed by atoms with Gasteiger partial charge in [-0.25, -0.2) is 4.18 Å². The van der Waals surface area contributed by atoms with Crippen LogP contribution in [-0.2, 0) is 28.9 Å². The first-order chi connectivity index (χ1) is 35.5. The molecule has 432 valence electrons. The molecule has 0 aliphatic carbocycles. The molecule has 0 aromatic rings. The zero-order valence-electron chi connectivity index (χ0n) is 47.0. The maximum Gasteiger partial charge on any atom is 0.397 e. The first-order valence-corrected chi connectivity index (χ1v) is 32.1. The van der Waals surface area contributed by atoms with Gasteiger partial charge in [0.05, 0.1) is 25.4 Å². The Morgan fingerprint density at radius 2 is 0.877 bits per heavy atom. The Morgan fingerprint density at radius 3 is 1.23 bits per heavy atom. The summed E-state index contributed by atoms with van der Waals surface area (Å²) in [5, 5.41) is 45.0. The van der Waals surface area contributed by atoms with E-state index in [-0.39, 0.29) is 18.9 Å². The molecule has 0 bridgehead atoms. The normalized spacial score (nSPS) is 19.4. The van der Waals surface area contributed by atoms with Crippen molar-refractivity contribution in [2.75, 3.05) is 13.2 Å². The first-order valence-electron chi connectivity index (χ1n) is 30.7. The lowest BCUT2D eigenvalue weighted by Crippen LogP contribution is -2.61. The topological polar surface area (TPSA) is 192 Å². The molecular weight excluding hydrogens is 943 g/mol. The number of aliphatic hydroxyl groups is 4. The molecule has 73 heavy (non-hydrogen) atoms. The van der Waals surface area contributed by atoms with E-state index in [4.69, 9.17) is 9.47 Å². The van der Waals surface area contributed by atoms with Gasteiger partial charge in [-0.05, 0) is 44.9 Å². The van der Waals surface area contributed by atoms with Gasteiger partial charge in [-0.3, -0.25) is 9.35 Å². The van der Waals surface area contributed by atoms with Gasteiger partial charge in [0.15, 0.2) is 6.29 Å². The highest BCUT2D eigenvalue weighted by molar-refractivity contribution is 7.80. The van der Waals surface area contributed by atoms with Gasteiger partial charge in [0.1, 0.15) is 24.4 Å². The first kappa shape index (κ1) is 69.6. The molecule has 1 fully saturated rings. The molecule has 1 rings (SSSR count). The highest BCUT2D eigenvalue weighted by Crippen LogP contribution is 2.26. The summed E-state index contributed by atoms with van der Waals surface area (Å²) in [6.45, 7) is 3.44. The largest absolute Gasteiger partial charge is 0.397 e. The average Bonchev–Trinajstić information content (AvgIpc) is 3.37. The number of hydrogen-bond acceptors (Lipinski definition) is 10. The van der Waals surface area contributed by atoms with E-state index in [9.17, 15) is 38.2 Å². The lowest BCUT2D eigenvalue weighted by atomic mass is 9.99. The molecule has 0 aromatic heterocycles. The van der Waals surface area contributed by atoms with Crippen LogP contribution in [0.2, 0.25) is 0 Å². The van der Waals surface area contributed by atoms with Crippen molar-refractivity contribution in [3.63, 3.8) is 0 Å². The Labute approximate surface area is 448 Å². The number of hydrogen-bond donors (Lipinski definition) is 6. The fourth-order valence-corrected chi connectivity index (χ4v) is 10.5. The third kappa shape index (κ3) is 42.3. The third-order valence-electron chi connectivity index (χ3n) is 14.7. The predicted molar refractivity (Wildman–Crippen MR) is 301 cm³/mol. The molecule has 0 spiro atoms. The number of ether oxygens (including phenoxy) is 2. The maximum absolute atomic E-state index is 13.2. The van der Waals surface area contributed by atoms with Gasteiger partial charge < -0.3 is 35.2 Å². The van der Waals surface area contributed by atoms with Crippen molar-refractivity contribution < 1.29 is 51.8 Å². The lowest BCUT2D eigenvalue weighted by Gasteiger charge is -2.41. The number of unbranched alkanes of at least 4 members (excludes halogenated alkanes) is 40. The number of nitrogens with one attached hydrogen (secondary N) is 1. The minimum atomic E-state index is -5.09. The molecular formula is C60H115NO11S. The lowest BCUT2D eigenvalue weighted by molar-refractivity contribution is -0.298. The van der Waals surface area contributed by atoms with E-state index >= 15 is 0 Å². The van der Waals surface area contributed by atoms with E-state index in [1.165, 1.54) is 231 Å². The zero-order chi connectivity index (χ0) is 53.3. The summed E-state index contributed by atoms with van der Waals surface area (Å²) in [7, 11) is -5.09. The van der Waals surface area contributed by atoms with Gasteiger partial charge in [-0.15, -0.1) is 0 Å². The molecule has 0 saturated carbocycles. The molecule has 0 aromatic carbocycles. The van der Waals surface area contributed by atoms with E-state index in [1.54, 1.807) is 6.08 Å². The Kier molecular flexibility index (Phi) is 47.8. The van der Waals surface area contributed by atoms with E-state index in [0.29, 0.717) is 6.42 Å². The Bertz CT molecular complexity index is 1380. The fraction of sp³-hybridized carbons (Fsp3) is 0.917. The number of aliphatic hydroxyl groups excluding tert-OH is 4. The predicted octanol–water partition coefficient (Wildman–Crippen LogP) is 14.8. The van der Waals surface area contributed by atoms with Gasteiger partial charge in [0.2, 0.25) is 5.91 Å². The summed E-state index contributed by atoms with van der Waals surface area (Å²) < 4.78 is 47.9. The van der Waals surface area contributed by atoms with E-state index in [0.717, 1.165) is 38.5 Å². The Morgan fingerprint density at radius 1 is 0.534 bits per heavy atom. The number of carbonyl (C=O) groups is 1. The van der Waals surface area contributed by atoms with Crippen LogP contribution in [0, 0.1) is 0 Å². The second-order valence-corrected chi connectivity index (χ2v) is 22.7. The van der Waals surface area contributed by atoms with E-state index in [2.05, 4.69) is 35.5 Å². The van der Waals surface area contributed by atoms with Gasteiger partial charge in [-0.1, -0.05) is 269 Å². The van der Waals surface area contributed by atoms with Gasteiger partial charge >= 0.3 is 10.4 Å². The minimum Gasteiger partial charge on any atom is -0.394 e. The second-order valence-electron chi connectivity index (χ2n) is 21.6. The third-order valence-corrected chi connectivity index (χ3v) is 15.2. The summed E-state index contributed by atoms with van der Waals surface area (Å²) in [5.74, 6) is -0.259. The van der Waals surface area contributed by atoms with Crippen LogP contribution in [0.4, 0.5) is 0 Å². The molecule has 12 nitrogen and oxygen atoms in total.